The van der Waals surface area contributed by atoms with Crippen LogP contribution < -0.4 is 10.0 Å². The van der Waals surface area contributed by atoms with Gasteiger partial charge in [-0.2, -0.15) is 0 Å². The van der Waals surface area contributed by atoms with Gasteiger partial charge in [-0.05, 0) is 35.2 Å². The fourth-order valence-corrected chi connectivity index (χ4v) is 4.13. The van der Waals surface area contributed by atoms with Gasteiger partial charge in [-0.25, -0.2) is 13.4 Å². The van der Waals surface area contributed by atoms with Crippen LogP contribution in [0, 0.1) is 5.41 Å². The van der Waals surface area contributed by atoms with Gasteiger partial charge in [0, 0.05) is 22.9 Å². The van der Waals surface area contributed by atoms with Crippen LogP contribution in [0.1, 0.15) is 38.2 Å². The predicted octanol–water partition coefficient (Wildman–Crippen LogP) is 5.13. The van der Waals surface area contributed by atoms with Crippen molar-refractivity contribution in [2.45, 2.75) is 33.2 Å². The molecule has 1 aromatic heterocycles. The first kappa shape index (κ1) is 25.2. The maximum atomic E-state index is 12.8. The molecule has 4 aromatic rings. The van der Waals surface area contributed by atoms with Crippen molar-refractivity contribution in [1.29, 1.82) is 0 Å². The summed E-state index contributed by atoms with van der Waals surface area (Å²) in [5, 5.41) is 3.12. The molecule has 0 bridgehead atoms. The van der Waals surface area contributed by atoms with E-state index in [9.17, 15) is 13.2 Å². The third kappa shape index (κ3) is 6.40. The molecular weight excluding hydrogens is 472 g/mol. The molecule has 4 rings (SSSR count). The molecule has 0 aliphatic rings. The molecular formula is C28H30N4O3S. The Morgan fingerprint density at radius 3 is 2.11 bits per heavy atom. The van der Waals surface area contributed by atoms with E-state index >= 15 is 0 Å². The number of rotatable bonds is 8. The zero-order chi connectivity index (χ0) is 25.7. The van der Waals surface area contributed by atoms with Gasteiger partial charge in [0.15, 0.2) is 0 Å². The summed E-state index contributed by atoms with van der Waals surface area (Å²) in [6.07, 6.45) is 2.34. The van der Waals surface area contributed by atoms with E-state index in [1.54, 1.807) is 12.1 Å². The number of nitrogens with one attached hydrogen (secondary N) is 3. The van der Waals surface area contributed by atoms with Crippen LogP contribution in [0.15, 0.2) is 85.1 Å². The number of amides is 1. The molecule has 1 amide bonds. The van der Waals surface area contributed by atoms with E-state index in [0.29, 0.717) is 17.9 Å². The van der Waals surface area contributed by atoms with Gasteiger partial charge in [0.25, 0.3) is 0 Å². The number of imidazole rings is 1. The Balaban J connectivity index is 1.57. The van der Waals surface area contributed by atoms with Crippen LogP contribution in [0.5, 0.6) is 0 Å². The summed E-state index contributed by atoms with van der Waals surface area (Å²) in [5.41, 5.74) is 4.91. The second-order valence-electron chi connectivity index (χ2n) is 9.66. The zero-order valence-corrected chi connectivity index (χ0v) is 21.4. The van der Waals surface area contributed by atoms with Crippen LogP contribution in [0.25, 0.3) is 22.4 Å². The van der Waals surface area contributed by atoms with Crippen molar-refractivity contribution in [3.63, 3.8) is 0 Å². The van der Waals surface area contributed by atoms with Gasteiger partial charge in [-0.15, -0.1) is 0 Å². The van der Waals surface area contributed by atoms with Crippen LogP contribution in [0.2, 0.25) is 0 Å². The third-order valence-corrected chi connectivity index (χ3v) is 6.26. The molecule has 0 aliphatic heterocycles. The molecule has 0 unspecified atom stereocenters. The minimum absolute atomic E-state index is 0.0840. The van der Waals surface area contributed by atoms with E-state index in [1.165, 1.54) is 0 Å². The highest BCUT2D eigenvalue weighted by Gasteiger charge is 2.26. The first-order chi connectivity index (χ1) is 17.2. The minimum Gasteiger partial charge on any atom is -0.346 e. The Bertz CT molecular complexity index is 1380. The number of thiol groups is 1. The SMILES string of the molecule is CC(C)(C)C(=O)N[C@@H](Cc1ccc(N[SH](=O)=O)cc1)c1nc(-c2ccc(-c3ccccc3)cc2)c[nH]1. The Morgan fingerprint density at radius 1 is 0.889 bits per heavy atom. The Morgan fingerprint density at radius 2 is 1.50 bits per heavy atom. The predicted molar refractivity (Wildman–Crippen MR) is 144 cm³/mol. The average molecular weight is 503 g/mol. The maximum absolute atomic E-state index is 12.8. The number of carbonyl (C=O) groups excluding carboxylic acids is 1. The van der Waals surface area contributed by atoms with E-state index in [-0.39, 0.29) is 11.9 Å². The summed E-state index contributed by atoms with van der Waals surface area (Å²) in [5.74, 6) is 0.568. The van der Waals surface area contributed by atoms with E-state index in [2.05, 4.69) is 39.3 Å². The number of nitrogens with zero attached hydrogens (tertiary/aromatic N) is 1. The molecule has 186 valence electrons. The van der Waals surface area contributed by atoms with Crippen LogP contribution in [0.3, 0.4) is 0 Å². The van der Waals surface area contributed by atoms with Gasteiger partial charge in [0.1, 0.15) is 5.82 Å². The van der Waals surface area contributed by atoms with Gasteiger partial charge < -0.3 is 10.3 Å². The Kier molecular flexibility index (Phi) is 7.55. The summed E-state index contributed by atoms with van der Waals surface area (Å²) in [7, 11) is -2.72. The molecule has 0 fully saturated rings. The standard InChI is InChI=1S/C28H30N4O3S/c1-28(2,3)27(33)31-24(17-19-9-15-23(16-10-19)32-36(34)35)26-29-18-25(30-26)22-13-11-21(12-14-22)20-7-5-4-6-8-20/h4-16,18,24,36H,17H2,1-3H3,(H,29,30)(H,31,33)(H,32,34,35)/t24-/m0/s1. The second-order valence-corrected chi connectivity index (χ2v) is 10.4. The summed E-state index contributed by atoms with van der Waals surface area (Å²) < 4.78 is 24.2. The van der Waals surface area contributed by atoms with E-state index in [1.807, 2.05) is 69.4 Å². The molecule has 3 N–H and O–H groups in total. The number of benzene rings is 3. The maximum Gasteiger partial charge on any atom is 0.225 e. The van der Waals surface area contributed by atoms with Crippen molar-refractivity contribution in [3.05, 3.63) is 96.4 Å². The summed E-state index contributed by atoms with van der Waals surface area (Å²) in [4.78, 5) is 20.9. The van der Waals surface area contributed by atoms with Crippen molar-refractivity contribution >= 4 is 22.5 Å². The average Bonchev–Trinajstić information content (AvgIpc) is 3.35. The largest absolute Gasteiger partial charge is 0.346 e. The van der Waals surface area contributed by atoms with Gasteiger partial charge in [-0.1, -0.05) is 87.5 Å². The Labute approximate surface area is 213 Å². The number of hydrogen-bond acceptors (Lipinski definition) is 4. The van der Waals surface area contributed by atoms with E-state index in [4.69, 9.17) is 4.98 Å². The molecule has 3 aromatic carbocycles. The molecule has 1 atom stereocenters. The van der Waals surface area contributed by atoms with Gasteiger partial charge >= 0.3 is 0 Å². The van der Waals surface area contributed by atoms with Crippen molar-refractivity contribution in [3.8, 4) is 22.4 Å². The highest BCUT2D eigenvalue weighted by Crippen LogP contribution is 2.26. The lowest BCUT2D eigenvalue weighted by molar-refractivity contribution is -0.129. The summed E-state index contributed by atoms with van der Waals surface area (Å²) in [6, 6.07) is 25.1. The second kappa shape index (κ2) is 10.8. The smallest absolute Gasteiger partial charge is 0.225 e. The van der Waals surface area contributed by atoms with Gasteiger partial charge in [0.05, 0.1) is 11.7 Å². The van der Waals surface area contributed by atoms with Gasteiger partial charge in [0.2, 0.25) is 16.8 Å². The third-order valence-electron chi connectivity index (χ3n) is 5.82. The first-order valence-electron chi connectivity index (χ1n) is 11.7. The quantitative estimate of drug-likeness (QED) is 0.251. The number of aromatic nitrogens is 2. The number of H-pyrrole nitrogens is 1. The number of aromatic amines is 1. The van der Waals surface area contributed by atoms with Crippen molar-refractivity contribution in [1.82, 2.24) is 15.3 Å². The van der Waals surface area contributed by atoms with E-state index in [0.717, 1.165) is 27.9 Å². The Hall–Kier alpha value is -3.91. The molecule has 36 heavy (non-hydrogen) atoms. The van der Waals surface area contributed by atoms with Crippen LogP contribution in [0.4, 0.5) is 5.69 Å². The fourth-order valence-electron chi connectivity index (χ4n) is 3.77. The molecule has 0 aliphatic carbocycles. The topological polar surface area (TPSA) is 104 Å². The molecule has 7 nitrogen and oxygen atoms in total. The van der Waals surface area contributed by atoms with Crippen LogP contribution in [-0.2, 0) is 22.1 Å². The monoisotopic (exact) mass is 502 g/mol. The highest BCUT2D eigenvalue weighted by molar-refractivity contribution is 7.73. The lowest BCUT2D eigenvalue weighted by Gasteiger charge is -2.23. The lowest BCUT2D eigenvalue weighted by Crippen LogP contribution is -2.38. The van der Waals surface area contributed by atoms with Crippen molar-refractivity contribution < 1.29 is 13.2 Å². The fraction of sp³-hybridized carbons (Fsp3) is 0.214. The molecule has 0 saturated carbocycles. The molecule has 0 spiro atoms. The summed E-state index contributed by atoms with van der Waals surface area (Å²) in [6.45, 7) is 5.60. The normalized spacial score (nSPS) is 12.3. The number of anilines is 1. The molecule has 0 saturated heterocycles. The van der Waals surface area contributed by atoms with E-state index < -0.39 is 16.3 Å². The van der Waals surface area contributed by atoms with Crippen molar-refractivity contribution in [2.24, 2.45) is 5.41 Å². The first-order valence-corrected chi connectivity index (χ1v) is 12.9. The summed E-state index contributed by atoms with van der Waals surface area (Å²) >= 11 is 0. The zero-order valence-electron chi connectivity index (χ0n) is 20.5. The van der Waals surface area contributed by atoms with Crippen molar-refractivity contribution in [2.75, 3.05) is 4.72 Å². The molecule has 0 radical (unpaired) electrons. The van der Waals surface area contributed by atoms with Gasteiger partial charge in [-0.3, -0.25) is 9.52 Å². The van der Waals surface area contributed by atoms with Crippen LogP contribution in [-0.4, -0.2) is 24.3 Å². The molecule has 8 heteroatoms. The van der Waals surface area contributed by atoms with Crippen LogP contribution >= 0.6 is 0 Å². The number of carbonyl (C=O) groups is 1. The lowest BCUT2D eigenvalue weighted by atomic mass is 9.94. The molecule has 1 heterocycles. The number of hydrogen-bond donors (Lipinski definition) is 4. The highest BCUT2D eigenvalue weighted by atomic mass is 32.2. The minimum atomic E-state index is -2.72.